The largest absolute Gasteiger partial charge is 0.490 e. The Morgan fingerprint density at radius 3 is 2.56 bits per heavy atom. The molecule has 0 aliphatic carbocycles. The number of halogens is 1. The van der Waals surface area contributed by atoms with E-state index >= 15 is 0 Å². The van der Waals surface area contributed by atoms with Crippen LogP contribution in [0, 0.1) is 0 Å². The molecule has 0 aliphatic rings. The molecule has 0 saturated carbocycles. The molecule has 0 bridgehead atoms. The Balaban J connectivity index is 2.78. The van der Waals surface area contributed by atoms with Gasteiger partial charge in [0, 0.05) is 13.1 Å². The van der Waals surface area contributed by atoms with Crippen LogP contribution in [0.15, 0.2) is 6.33 Å². The van der Waals surface area contributed by atoms with E-state index in [1.165, 1.54) is 6.33 Å². The lowest BCUT2D eigenvalue weighted by Crippen LogP contribution is -2.28. The molecule has 102 valence electrons. The van der Waals surface area contributed by atoms with Gasteiger partial charge in [0.05, 0.1) is 7.11 Å². The molecule has 0 aliphatic heterocycles. The van der Waals surface area contributed by atoms with Gasteiger partial charge in [0.15, 0.2) is 16.7 Å². The average molecular weight is 273 g/mol. The fourth-order valence-corrected chi connectivity index (χ4v) is 1.94. The van der Waals surface area contributed by atoms with Crippen LogP contribution in [0.4, 0.5) is 5.82 Å². The first-order valence-corrected chi connectivity index (χ1v) is 6.42. The van der Waals surface area contributed by atoms with Crippen molar-refractivity contribution in [1.29, 1.82) is 0 Å². The summed E-state index contributed by atoms with van der Waals surface area (Å²) in [6, 6.07) is 0. The minimum Gasteiger partial charge on any atom is -0.490 e. The Morgan fingerprint density at radius 1 is 1.28 bits per heavy atom. The highest BCUT2D eigenvalue weighted by Crippen LogP contribution is 2.31. The van der Waals surface area contributed by atoms with Crippen LogP contribution in [0.25, 0.3) is 0 Å². The van der Waals surface area contributed by atoms with Gasteiger partial charge in [-0.25, -0.2) is 9.97 Å². The minimum atomic E-state index is 0.355. The summed E-state index contributed by atoms with van der Waals surface area (Å²) in [5, 5.41) is 0.355. The Morgan fingerprint density at radius 2 is 2.00 bits per heavy atom. The van der Waals surface area contributed by atoms with Crippen molar-refractivity contribution >= 4 is 17.4 Å². The van der Waals surface area contributed by atoms with Crippen LogP contribution < -0.4 is 9.64 Å². The third kappa shape index (κ3) is 3.99. The molecule has 1 rings (SSSR count). The molecule has 18 heavy (non-hydrogen) atoms. The van der Waals surface area contributed by atoms with Gasteiger partial charge in [-0.3, -0.25) is 0 Å². The molecular weight excluding hydrogens is 252 g/mol. The van der Waals surface area contributed by atoms with E-state index in [2.05, 4.69) is 40.8 Å². The predicted molar refractivity (Wildman–Crippen MR) is 74.7 cm³/mol. The van der Waals surface area contributed by atoms with Crippen LogP contribution in [0.1, 0.15) is 13.3 Å². The molecule has 1 aromatic rings. The third-order valence-electron chi connectivity index (χ3n) is 2.66. The highest BCUT2D eigenvalue weighted by molar-refractivity contribution is 6.31. The van der Waals surface area contributed by atoms with Crippen molar-refractivity contribution in [2.75, 3.05) is 45.7 Å². The molecule has 6 heteroatoms. The standard InChI is InChI=1S/C12H21ClN4O/c1-5-17(8-6-7-16(2)3)12-10(18-4)11(13)14-9-15-12/h9H,5-8H2,1-4H3. The van der Waals surface area contributed by atoms with Gasteiger partial charge >= 0.3 is 0 Å². The van der Waals surface area contributed by atoms with E-state index in [0.717, 1.165) is 31.9 Å². The quantitative estimate of drug-likeness (QED) is 0.710. The first-order chi connectivity index (χ1) is 8.60. The number of methoxy groups -OCH3 is 1. The number of hydrogen-bond donors (Lipinski definition) is 0. The Hall–Kier alpha value is -1.07. The van der Waals surface area contributed by atoms with E-state index in [9.17, 15) is 0 Å². The summed E-state index contributed by atoms with van der Waals surface area (Å²) < 4.78 is 5.28. The summed E-state index contributed by atoms with van der Waals surface area (Å²) in [5.74, 6) is 1.31. The van der Waals surface area contributed by atoms with E-state index in [1.807, 2.05) is 0 Å². The van der Waals surface area contributed by atoms with Gasteiger partial charge in [-0.1, -0.05) is 11.6 Å². The number of hydrogen-bond acceptors (Lipinski definition) is 5. The average Bonchev–Trinajstić information content (AvgIpc) is 2.34. The molecule has 1 aromatic heterocycles. The molecule has 0 atom stereocenters. The van der Waals surface area contributed by atoms with Crippen LogP contribution in [-0.2, 0) is 0 Å². The summed E-state index contributed by atoms with van der Waals surface area (Å²) in [6.07, 6.45) is 2.53. The molecule has 0 amide bonds. The van der Waals surface area contributed by atoms with E-state index < -0.39 is 0 Å². The molecule has 1 heterocycles. The fraction of sp³-hybridized carbons (Fsp3) is 0.667. The second-order valence-electron chi connectivity index (χ2n) is 4.26. The lowest BCUT2D eigenvalue weighted by Gasteiger charge is -2.24. The van der Waals surface area contributed by atoms with Crippen LogP contribution in [0.5, 0.6) is 5.75 Å². The van der Waals surface area contributed by atoms with Gasteiger partial charge < -0.3 is 14.5 Å². The maximum Gasteiger partial charge on any atom is 0.199 e. The van der Waals surface area contributed by atoms with Gasteiger partial charge in [0.2, 0.25) is 0 Å². The van der Waals surface area contributed by atoms with Crippen molar-refractivity contribution in [1.82, 2.24) is 14.9 Å². The van der Waals surface area contributed by atoms with Gasteiger partial charge in [-0.2, -0.15) is 0 Å². The summed E-state index contributed by atoms with van der Waals surface area (Å²) in [5.41, 5.74) is 0. The van der Waals surface area contributed by atoms with Gasteiger partial charge in [-0.15, -0.1) is 0 Å². The summed E-state index contributed by atoms with van der Waals surface area (Å²) >= 11 is 6.00. The van der Waals surface area contributed by atoms with Crippen molar-refractivity contribution in [3.8, 4) is 5.75 Å². The third-order valence-corrected chi connectivity index (χ3v) is 2.93. The Labute approximate surface area is 114 Å². The van der Waals surface area contributed by atoms with Gasteiger partial charge in [0.25, 0.3) is 0 Å². The highest BCUT2D eigenvalue weighted by Gasteiger charge is 2.15. The van der Waals surface area contributed by atoms with Crippen molar-refractivity contribution in [2.24, 2.45) is 0 Å². The highest BCUT2D eigenvalue weighted by atomic mass is 35.5. The lowest BCUT2D eigenvalue weighted by atomic mass is 10.3. The first kappa shape index (κ1) is 15.0. The van der Waals surface area contributed by atoms with Crippen LogP contribution in [0.2, 0.25) is 5.15 Å². The zero-order valence-electron chi connectivity index (χ0n) is 11.5. The van der Waals surface area contributed by atoms with E-state index in [-0.39, 0.29) is 0 Å². The van der Waals surface area contributed by atoms with Crippen molar-refractivity contribution in [3.05, 3.63) is 11.5 Å². The maximum absolute atomic E-state index is 6.00. The zero-order valence-corrected chi connectivity index (χ0v) is 12.2. The SMILES string of the molecule is CCN(CCCN(C)C)c1ncnc(Cl)c1OC. The van der Waals surface area contributed by atoms with Crippen LogP contribution >= 0.6 is 11.6 Å². The topological polar surface area (TPSA) is 41.5 Å². The van der Waals surface area contributed by atoms with E-state index in [0.29, 0.717) is 10.9 Å². The smallest absolute Gasteiger partial charge is 0.199 e. The normalized spacial score (nSPS) is 10.8. The second-order valence-corrected chi connectivity index (χ2v) is 4.62. The zero-order chi connectivity index (χ0) is 13.5. The summed E-state index contributed by atoms with van der Waals surface area (Å²) in [6.45, 7) is 4.90. The Bertz CT molecular complexity index is 373. The second kappa shape index (κ2) is 7.38. The molecule has 0 unspecified atom stereocenters. The molecule has 0 saturated heterocycles. The number of nitrogens with zero attached hydrogens (tertiary/aromatic N) is 4. The number of anilines is 1. The summed E-state index contributed by atoms with van der Waals surface area (Å²) in [7, 11) is 5.72. The van der Waals surface area contributed by atoms with Crippen LogP contribution in [-0.4, -0.2) is 55.7 Å². The first-order valence-electron chi connectivity index (χ1n) is 6.04. The molecule has 0 spiro atoms. The molecule has 0 fully saturated rings. The van der Waals surface area contributed by atoms with Gasteiger partial charge in [-0.05, 0) is 34.0 Å². The van der Waals surface area contributed by atoms with E-state index in [1.54, 1.807) is 7.11 Å². The fourth-order valence-electron chi connectivity index (χ4n) is 1.74. The number of aromatic nitrogens is 2. The molecule has 5 nitrogen and oxygen atoms in total. The maximum atomic E-state index is 6.00. The number of ether oxygens (including phenoxy) is 1. The minimum absolute atomic E-state index is 0.355. The lowest BCUT2D eigenvalue weighted by molar-refractivity contribution is 0.396. The molecule has 0 N–H and O–H groups in total. The predicted octanol–water partition coefficient (Wildman–Crippen LogP) is 1.92. The Kier molecular flexibility index (Phi) is 6.15. The van der Waals surface area contributed by atoms with Crippen LogP contribution in [0.3, 0.4) is 0 Å². The van der Waals surface area contributed by atoms with E-state index in [4.69, 9.17) is 16.3 Å². The van der Waals surface area contributed by atoms with Crippen molar-refractivity contribution < 1.29 is 4.74 Å². The molecule has 0 radical (unpaired) electrons. The monoisotopic (exact) mass is 272 g/mol. The van der Waals surface area contributed by atoms with Gasteiger partial charge in [0.1, 0.15) is 6.33 Å². The summed E-state index contributed by atoms with van der Waals surface area (Å²) in [4.78, 5) is 12.5. The molecular formula is C12H21ClN4O. The van der Waals surface area contributed by atoms with Crippen molar-refractivity contribution in [3.63, 3.8) is 0 Å². The number of rotatable bonds is 7. The van der Waals surface area contributed by atoms with Crippen molar-refractivity contribution in [2.45, 2.75) is 13.3 Å². The molecule has 0 aromatic carbocycles.